The van der Waals surface area contributed by atoms with Gasteiger partial charge in [-0.2, -0.15) is 0 Å². The number of carbonyl (C=O) groups excluding carboxylic acids is 2. The number of likely N-dealkylation sites (tertiary alicyclic amines) is 1. The van der Waals surface area contributed by atoms with Gasteiger partial charge in [0.15, 0.2) is 0 Å². The van der Waals surface area contributed by atoms with E-state index in [0.717, 1.165) is 18.4 Å². The van der Waals surface area contributed by atoms with E-state index in [4.69, 9.17) is 18.0 Å². The summed E-state index contributed by atoms with van der Waals surface area (Å²) >= 11 is 4.97. The van der Waals surface area contributed by atoms with Crippen molar-refractivity contribution >= 4 is 29.0 Å². The molecule has 2 atom stereocenters. The monoisotopic (exact) mass is 303 g/mol. The van der Waals surface area contributed by atoms with E-state index in [1.54, 1.807) is 18.3 Å². The highest BCUT2D eigenvalue weighted by Gasteiger charge is 2.51. The lowest BCUT2D eigenvalue weighted by Gasteiger charge is -2.18. The highest BCUT2D eigenvalue weighted by Crippen LogP contribution is 2.43. The number of nitrogens with zero attached hydrogens (tertiary/aromatic N) is 2. The zero-order chi connectivity index (χ0) is 15.1. The van der Waals surface area contributed by atoms with Crippen molar-refractivity contribution in [3.05, 3.63) is 29.6 Å². The smallest absolute Gasteiger partial charge is 0.233 e. The second kappa shape index (κ2) is 5.18. The van der Waals surface area contributed by atoms with Crippen LogP contribution in [-0.2, 0) is 16.1 Å². The van der Waals surface area contributed by atoms with Crippen molar-refractivity contribution in [3.63, 3.8) is 0 Å². The van der Waals surface area contributed by atoms with Gasteiger partial charge in [0.05, 0.1) is 18.4 Å². The second-order valence-corrected chi connectivity index (χ2v) is 6.37. The molecular weight excluding hydrogens is 286 g/mol. The molecule has 0 spiro atoms. The number of imide groups is 1. The summed E-state index contributed by atoms with van der Waals surface area (Å²) in [5, 5.41) is 0. The maximum atomic E-state index is 12.4. The van der Waals surface area contributed by atoms with Gasteiger partial charge in [-0.25, -0.2) is 0 Å². The van der Waals surface area contributed by atoms with Gasteiger partial charge in [-0.05, 0) is 24.8 Å². The Kier molecular flexibility index (Phi) is 3.49. The number of hydrogen-bond acceptors (Lipinski definition) is 4. The van der Waals surface area contributed by atoms with Gasteiger partial charge >= 0.3 is 0 Å². The van der Waals surface area contributed by atoms with E-state index in [2.05, 4.69) is 11.9 Å². The van der Waals surface area contributed by atoms with Crippen LogP contribution in [0.4, 0.5) is 0 Å². The molecule has 5 nitrogen and oxygen atoms in total. The lowest BCUT2D eigenvalue weighted by Crippen LogP contribution is -2.32. The fraction of sp³-hybridized carbons (Fsp3) is 0.467. The van der Waals surface area contributed by atoms with Gasteiger partial charge < -0.3 is 5.73 Å². The van der Waals surface area contributed by atoms with Crippen LogP contribution >= 0.6 is 12.2 Å². The molecule has 3 rings (SSSR count). The average Bonchev–Trinajstić information content (AvgIpc) is 2.93. The molecule has 2 N–H and O–H groups in total. The third kappa shape index (κ3) is 2.33. The number of aromatic nitrogens is 1. The second-order valence-electron chi connectivity index (χ2n) is 5.93. The first kappa shape index (κ1) is 14.1. The molecule has 2 heterocycles. The molecular formula is C15H17N3O2S. The Morgan fingerprint density at radius 1 is 1.38 bits per heavy atom. The van der Waals surface area contributed by atoms with Crippen molar-refractivity contribution < 1.29 is 9.59 Å². The first-order valence-corrected chi connectivity index (χ1v) is 7.48. The van der Waals surface area contributed by atoms with Crippen molar-refractivity contribution in [2.24, 2.45) is 23.5 Å². The van der Waals surface area contributed by atoms with Crippen LogP contribution in [0.5, 0.6) is 0 Å². The SMILES string of the molecule is CC1CC2C(=O)N(Cc3cccnc3C(N)=S)C(=O)C2C1. The minimum absolute atomic E-state index is 0.0629. The Bertz CT molecular complexity index is 607. The number of hydrogen-bond donors (Lipinski definition) is 1. The van der Waals surface area contributed by atoms with E-state index in [1.807, 2.05) is 0 Å². The van der Waals surface area contributed by atoms with Crippen molar-refractivity contribution in [2.75, 3.05) is 0 Å². The molecule has 21 heavy (non-hydrogen) atoms. The van der Waals surface area contributed by atoms with Crippen LogP contribution in [0.2, 0.25) is 0 Å². The van der Waals surface area contributed by atoms with Crippen LogP contribution in [0.3, 0.4) is 0 Å². The number of fused-ring (bicyclic) bond motifs is 1. The number of rotatable bonds is 3. The van der Waals surface area contributed by atoms with Gasteiger partial charge in [-0.15, -0.1) is 0 Å². The Morgan fingerprint density at radius 2 is 2.00 bits per heavy atom. The summed E-state index contributed by atoms with van der Waals surface area (Å²) in [6.07, 6.45) is 3.21. The quantitative estimate of drug-likeness (QED) is 0.672. The first-order valence-electron chi connectivity index (χ1n) is 7.08. The third-order valence-corrected chi connectivity index (χ3v) is 4.61. The third-order valence-electron chi connectivity index (χ3n) is 4.42. The van der Waals surface area contributed by atoms with Crippen LogP contribution < -0.4 is 5.73 Å². The van der Waals surface area contributed by atoms with Gasteiger partial charge in [-0.1, -0.05) is 25.2 Å². The van der Waals surface area contributed by atoms with Crippen LogP contribution in [0.25, 0.3) is 0 Å². The molecule has 2 fully saturated rings. The Labute approximate surface area is 128 Å². The molecule has 6 heteroatoms. The normalized spacial score (nSPS) is 28.0. The predicted octanol–water partition coefficient (Wildman–Crippen LogP) is 1.25. The first-order chi connectivity index (χ1) is 9.99. The molecule has 1 saturated heterocycles. The topological polar surface area (TPSA) is 76.3 Å². The lowest BCUT2D eigenvalue weighted by molar-refractivity contribution is -0.141. The van der Waals surface area contributed by atoms with E-state index in [1.165, 1.54) is 4.90 Å². The summed E-state index contributed by atoms with van der Waals surface area (Å²) in [6, 6.07) is 3.56. The van der Waals surface area contributed by atoms with E-state index in [0.29, 0.717) is 11.6 Å². The van der Waals surface area contributed by atoms with Crippen molar-refractivity contribution in [1.82, 2.24) is 9.88 Å². The van der Waals surface area contributed by atoms with Crippen molar-refractivity contribution in [2.45, 2.75) is 26.3 Å². The minimum Gasteiger partial charge on any atom is -0.388 e. The van der Waals surface area contributed by atoms with E-state index in [-0.39, 0.29) is 35.2 Å². The van der Waals surface area contributed by atoms with Crippen LogP contribution in [0.15, 0.2) is 18.3 Å². The Hall–Kier alpha value is -1.82. The van der Waals surface area contributed by atoms with Gasteiger partial charge in [0.2, 0.25) is 11.8 Å². The molecule has 0 bridgehead atoms. The Morgan fingerprint density at radius 3 is 2.57 bits per heavy atom. The van der Waals surface area contributed by atoms with Gasteiger partial charge in [0, 0.05) is 11.8 Å². The van der Waals surface area contributed by atoms with Gasteiger partial charge in [-0.3, -0.25) is 19.5 Å². The number of thiocarbonyl (C=S) groups is 1. The zero-order valence-corrected chi connectivity index (χ0v) is 12.6. The summed E-state index contributed by atoms with van der Waals surface area (Å²) < 4.78 is 0. The van der Waals surface area contributed by atoms with Gasteiger partial charge in [0.25, 0.3) is 0 Å². The highest BCUT2D eigenvalue weighted by molar-refractivity contribution is 7.80. The van der Waals surface area contributed by atoms with E-state index in [9.17, 15) is 9.59 Å². The zero-order valence-electron chi connectivity index (χ0n) is 11.8. The fourth-order valence-corrected chi connectivity index (χ4v) is 3.64. The van der Waals surface area contributed by atoms with E-state index >= 15 is 0 Å². The summed E-state index contributed by atoms with van der Waals surface area (Å²) in [4.78, 5) is 30.6. The largest absolute Gasteiger partial charge is 0.388 e. The fourth-order valence-electron chi connectivity index (χ4n) is 3.46. The number of carbonyl (C=O) groups is 2. The summed E-state index contributed by atoms with van der Waals surface area (Å²) in [5.74, 6) is 0.0368. The lowest BCUT2D eigenvalue weighted by atomic mass is 10.00. The van der Waals surface area contributed by atoms with Gasteiger partial charge in [0.1, 0.15) is 10.7 Å². The molecule has 1 saturated carbocycles. The maximum Gasteiger partial charge on any atom is 0.233 e. The predicted molar refractivity (Wildman–Crippen MR) is 81.1 cm³/mol. The van der Waals surface area contributed by atoms with E-state index < -0.39 is 0 Å². The van der Waals surface area contributed by atoms with Crippen LogP contribution in [0.1, 0.15) is 31.0 Å². The highest BCUT2D eigenvalue weighted by atomic mass is 32.1. The van der Waals surface area contributed by atoms with Crippen LogP contribution in [-0.4, -0.2) is 26.7 Å². The van der Waals surface area contributed by atoms with Crippen molar-refractivity contribution in [1.29, 1.82) is 0 Å². The molecule has 2 amide bonds. The Balaban J connectivity index is 1.85. The minimum atomic E-state index is -0.141. The molecule has 110 valence electrons. The molecule has 0 radical (unpaired) electrons. The number of nitrogens with two attached hydrogens (primary N) is 1. The molecule has 0 aromatic carbocycles. The summed E-state index contributed by atoms with van der Waals surface area (Å²) in [7, 11) is 0. The summed E-state index contributed by atoms with van der Waals surface area (Å²) in [5.41, 5.74) is 6.86. The molecule has 1 aliphatic heterocycles. The maximum absolute atomic E-state index is 12.4. The molecule has 2 aliphatic rings. The average molecular weight is 303 g/mol. The number of amides is 2. The van der Waals surface area contributed by atoms with Crippen LogP contribution in [0, 0.1) is 17.8 Å². The summed E-state index contributed by atoms with van der Waals surface area (Å²) in [6.45, 7) is 2.30. The molecule has 1 aliphatic carbocycles. The number of pyridine rings is 1. The van der Waals surface area contributed by atoms with Crippen molar-refractivity contribution in [3.8, 4) is 0 Å². The molecule has 2 unspecified atom stereocenters. The molecule has 1 aromatic rings. The standard InChI is InChI=1S/C15H17N3O2S/c1-8-5-10-11(6-8)15(20)18(14(10)19)7-9-3-2-4-17-12(9)13(16)21/h2-4,8,10-11H,5-7H2,1H3,(H2,16,21). The molecule has 1 aromatic heterocycles.